The van der Waals surface area contributed by atoms with Gasteiger partial charge in [0.1, 0.15) is 0 Å². The largest absolute Gasteiger partial charge is 0.418 e. The van der Waals surface area contributed by atoms with Gasteiger partial charge in [-0.15, -0.1) is 0 Å². The molecule has 1 saturated heterocycles. The van der Waals surface area contributed by atoms with Crippen LogP contribution in [0.4, 0.5) is 0 Å². The van der Waals surface area contributed by atoms with Crippen molar-refractivity contribution in [1.29, 1.82) is 0 Å². The van der Waals surface area contributed by atoms with Gasteiger partial charge in [-0.2, -0.15) is 0 Å². The highest BCUT2D eigenvalue weighted by Crippen LogP contribution is 2.22. The van der Waals surface area contributed by atoms with E-state index >= 15 is 0 Å². The first kappa shape index (κ1) is 15.2. The van der Waals surface area contributed by atoms with E-state index < -0.39 is 9.04 Å². The molecule has 0 radical (unpaired) electrons. The second kappa shape index (κ2) is 8.28. The lowest BCUT2D eigenvalue weighted by atomic mass is 9.90. The molecular weight excluding hydrogens is 226 g/mol. The van der Waals surface area contributed by atoms with Crippen LogP contribution in [-0.2, 0) is 4.43 Å². The third-order valence-corrected chi connectivity index (χ3v) is 4.48. The van der Waals surface area contributed by atoms with Crippen LogP contribution in [0.25, 0.3) is 0 Å². The Kier molecular flexibility index (Phi) is 7.40. The number of hydrogen-bond donors (Lipinski definition) is 1. The van der Waals surface area contributed by atoms with Gasteiger partial charge in [-0.05, 0) is 70.1 Å². The van der Waals surface area contributed by atoms with E-state index in [0.29, 0.717) is 6.10 Å². The van der Waals surface area contributed by atoms with Crippen molar-refractivity contribution in [3.05, 3.63) is 0 Å². The fourth-order valence-corrected chi connectivity index (χ4v) is 3.76. The maximum absolute atomic E-state index is 6.18. The molecule has 1 unspecified atom stereocenters. The summed E-state index contributed by atoms with van der Waals surface area (Å²) in [6.45, 7) is 11.6. The Morgan fingerprint density at radius 1 is 1.24 bits per heavy atom. The van der Waals surface area contributed by atoms with Gasteiger partial charge in [0.2, 0.25) is 0 Å². The summed E-state index contributed by atoms with van der Waals surface area (Å²) in [6, 6.07) is 0. The van der Waals surface area contributed by atoms with Crippen molar-refractivity contribution >= 4 is 9.04 Å². The molecule has 0 aromatic heterocycles. The minimum atomic E-state index is -0.874. The Labute approximate surface area is 109 Å². The molecule has 102 valence electrons. The first-order valence-corrected chi connectivity index (χ1v) is 10.2. The Hall–Kier alpha value is 0.137. The molecule has 0 amide bonds. The first-order chi connectivity index (χ1) is 8.08. The molecule has 0 bridgehead atoms. The van der Waals surface area contributed by atoms with Crippen molar-refractivity contribution in [2.45, 2.75) is 65.1 Å². The van der Waals surface area contributed by atoms with Gasteiger partial charge >= 0.3 is 0 Å². The van der Waals surface area contributed by atoms with Crippen molar-refractivity contribution in [2.75, 3.05) is 13.1 Å². The molecule has 1 fully saturated rings. The average molecular weight is 257 g/mol. The topological polar surface area (TPSA) is 21.3 Å². The van der Waals surface area contributed by atoms with Gasteiger partial charge in [0.05, 0.1) is 0 Å². The molecule has 1 rings (SSSR count). The Balaban J connectivity index is 2.26. The van der Waals surface area contributed by atoms with E-state index in [-0.39, 0.29) is 0 Å². The highest BCUT2D eigenvalue weighted by Gasteiger charge is 2.18. The fourth-order valence-electron chi connectivity index (χ4n) is 2.74. The molecule has 0 spiro atoms. The molecule has 0 aromatic carbocycles. The lowest BCUT2D eigenvalue weighted by Crippen LogP contribution is -2.29. The molecule has 1 aliphatic heterocycles. The van der Waals surface area contributed by atoms with Gasteiger partial charge in [-0.1, -0.05) is 13.8 Å². The van der Waals surface area contributed by atoms with Crippen LogP contribution in [0, 0.1) is 11.8 Å². The van der Waals surface area contributed by atoms with Crippen LogP contribution in [0.3, 0.4) is 0 Å². The second-order valence-electron chi connectivity index (χ2n) is 6.21. The SMILES string of the molecule is CC(C)CC(CCC1CCNCC1)O[SiH](C)C. The summed E-state index contributed by atoms with van der Waals surface area (Å²) in [4.78, 5) is 0. The second-order valence-corrected chi connectivity index (χ2v) is 8.58. The summed E-state index contributed by atoms with van der Waals surface area (Å²) in [5.41, 5.74) is 0. The zero-order valence-electron chi connectivity index (χ0n) is 12.2. The molecule has 1 N–H and O–H groups in total. The lowest BCUT2D eigenvalue weighted by Gasteiger charge is -2.27. The predicted molar refractivity (Wildman–Crippen MR) is 78.0 cm³/mol. The minimum Gasteiger partial charge on any atom is -0.418 e. The molecule has 3 heteroatoms. The zero-order valence-corrected chi connectivity index (χ0v) is 13.3. The van der Waals surface area contributed by atoms with Crippen molar-refractivity contribution in [1.82, 2.24) is 5.32 Å². The smallest absolute Gasteiger partial charge is 0.171 e. The normalized spacial score (nSPS) is 20.1. The maximum atomic E-state index is 6.18. The average Bonchev–Trinajstić information content (AvgIpc) is 2.26. The van der Waals surface area contributed by atoms with E-state index in [4.69, 9.17) is 4.43 Å². The summed E-state index contributed by atoms with van der Waals surface area (Å²) in [7, 11) is -0.874. The van der Waals surface area contributed by atoms with Crippen LogP contribution >= 0.6 is 0 Å². The van der Waals surface area contributed by atoms with Crippen LogP contribution < -0.4 is 5.32 Å². The van der Waals surface area contributed by atoms with Gasteiger partial charge in [-0.25, -0.2) is 0 Å². The third kappa shape index (κ3) is 7.22. The van der Waals surface area contributed by atoms with Crippen molar-refractivity contribution in [2.24, 2.45) is 11.8 Å². The van der Waals surface area contributed by atoms with Crippen molar-refractivity contribution < 1.29 is 4.43 Å². The van der Waals surface area contributed by atoms with Gasteiger partial charge in [0.15, 0.2) is 9.04 Å². The van der Waals surface area contributed by atoms with Gasteiger partial charge in [0, 0.05) is 6.10 Å². The summed E-state index contributed by atoms with van der Waals surface area (Å²) in [5.74, 6) is 1.71. The standard InChI is InChI=1S/C14H31NOSi/c1-12(2)11-14(16-17(3)4)6-5-13-7-9-15-10-8-13/h12-15,17H,5-11H2,1-4H3. The molecule has 2 nitrogen and oxygen atoms in total. The van der Waals surface area contributed by atoms with E-state index in [0.717, 1.165) is 11.8 Å². The number of nitrogens with one attached hydrogen (secondary N) is 1. The summed E-state index contributed by atoms with van der Waals surface area (Å²) < 4.78 is 6.18. The molecular formula is C14H31NOSi. The molecule has 0 aromatic rings. The van der Waals surface area contributed by atoms with E-state index in [1.807, 2.05) is 0 Å². The number of piperidine rings is 1. The van der Waals surface area contributed by atoms with E-state index in [1.165, 1.54) is 45.2 Å². The monoisotopic (exact) mass is 257 g/mol. The van der Waals surface area contributed by atoms with Gasteiger partial charge in [0.25, 0.3) is 0 Å². The highest BCUT2D eigenvalue weighted by atomic mass is 28.3. The van der Waals surface area contributed by atoms with E-state index in [1.54, 1.807) is 0 Å². The highest BCUT2D eigenvalue weighted by molar-refractivity contribution is 6.48. The van der Waals surface area contributed by atoms with Crippen LogP contribution in [-0.4, -0.2) is 28.2 Å². The Morgan fingerprint density at radius 3 is 2.41 bits per heavy atom. The van der Waals surface area contributed by atoms with Crippen LogP contribution in [0.2, 0.25) is 13.1 Å². The molecule has 0 aliphatic carbocycles. The van der Waals surface area contributed by atoms with Crippen LogP contribution in [0.1, 0.15) is 46.0 Å². The predicted octanol–water partition coefficient (Wildman–Crippen LogP) is 3.18. The maximum Gasteiger partial charge on any atom is 0.171 e. The van der Waals surface area contributed by atoms with Crippen LogP contribution in [0.5, 0.6) is 0 Å². The Morgan fingerprint density at radius 2 is 1.88 bits per heavy atom. The quantitative estimate of drug-likeness (QED) is 0.707. The summed E-state index contributed by atoms with van der Waals surface area (Å²) >= 11 is 0. The summed E-state index contributed by atoms with van der Waals surface area (Å²) in [5, 5.41) is 3.44. The van der Waals surface area contributed by atoms with E-state index in [2.05, 4.69) is 32.3 Å². The molecule has 0 saturated carbocycles. The molecule has 1 aliphatic rings. The third-order valence-electron chi connectivity index (χ3n) is 3.55. The number of hydrogen-bond acceptors (Lipinski definition) is 2. The minimum absolute atomic E-state index is 0.538. The molecule has 17 heavy (non-hydrogen) atoms. The van der Waals surface area contributed by atoms with Crippen LogP contribution in [0.15, 0.2) is 0 Å². The van der Waals surface area contributed by atoms with Gasteiger partial charge in [-0.3, -0.25) is 0 Å². The van der Waals surface area contributed by atoms with Crippen molar-refractivity contribution in [3.63, 3.8) is 0 Å². The van der Waals surface area contributed by atoms with E-state index in [9.17, 15) is 0 Å². The fraction of sp³-hybridized carbons (Fsp3) is 1.00. The lowest BCUT2D eigenvalue weighted by molar-refractivity contribution is 0.152. The summed E-state index contributed by atoms with van der Waals surface area (Å²) in [6.07, 6.45) is 7.18. The zero-order chi connectivity index (χ0) is 12.7. The molecule has 1 heterocycles. The Bertz CT molecular complexity index is 181. The van der Waals surface area contributed by atoms with Gasteiger partial charge < -0.3 is 9.74 Å². The number of rotatable bonds is 7. The van der Waals surface area contributed by atoms with Crippen molar-refractivity contribution in [3.8, 4) is 0 Å². The molecule has 1 atom stereocenters. The first-order valence-electron chi connectivity index (χ1n) is 7.44.